The summed E-state index contributed by atoms with van der Waals surface area (Å²) in [5, 5.41) is 0. The average molecular weight is 421 g/mol. The van der Waals surface area contributed by atoms with E-state index in [0.29, 0.717) is 11.8 Å². The van der Waals surface area contributed by atoms with Gasteiger partial charge in [0.05, 0.1) is 0 Å². The monoisotopic (exact) mass is 420 g/mol. The highest BCUT2D eigenvalue weighted by atomic mass is 19.1. The Morgan fingerprint density at radius 1 is 0.806 bits per heavy atom. The van der Waals surface area contributed by atoms with Crippen LogP contribution in [0.3, 0.4) is 0 Å². The highest BCUT2D eigenvalue weighted by Gasteiger charge is 2.26. The molecule has 0 saturated heterocycles. The van der Waals surface area contributed by atoms with E-state index in [1.165, 1.54) is 86.5 Å². The van der Waals surface area contributed by atoms with Gasteiger partial charge in [-0.25, -0.2) is 4.39 Å². The molecule has 2 aliphatic rings. The summed E-state index contributed by atoms with van der Waals surface area (Å²) in [7, 11) is 0. The fourth-order valence-corrected chi connectivity index (χ4v) is 6.02. The molecule has 1 unspecified atom stereocenters. The van der Waals surface area contributed by atoms with Gasteiger partial charge in [-0.3, -0.25) is 0 Å². The lowest BCUT2D eigenvalue weighted by Crippen LogP contribution is -2.16. The highest BCUT2D eigenvalue weighted by Crippen LogP contribution is 2.40. The Balaban J connectivity index is 1.39. The third kappa shape index (κ3) is 5.60. The molecule has 0 aliphatic heterocycles. The SMILES string of the molecule is CCCCc1ccc2c(c1)CCC(c1ccc(C3CCC(CCCC)CC3)cc1F)C2. The molecule has 2 aliphatic carbocycles. The van der Waals surface area contributed by atoms with E-state index >= 15 is 4.39 Å². The molecule has 0 aromatic heterocycles. The topological polar surface area (TPSA) is 0 Å². The molecular formula is C30H41F. The maximum absolute atomic E-state index is 15.2. The van der Waals surface area contributed by atoms with Crippen molar-refractivity contribution in [1.29, 1.82) is 0 Å². The zero-order valence-electron chi connectivity index (χ0n) is 19.8. The van der Waals surface area contributed by atoms with E-state index in [1.54, 1.807) is 0 Å². The van der Waals surface area contributed by atoms with Gasteiger partial charge in [-0.1, -0.05) is 69.9 Å². The van der Waals surface area contributed by atoms with Gasteiger partial charge >= 0.3 is 0 Å². The minimum absolute atomic E-state index is 0.0404. The van der Waals surface area contributed by atoms with Crippen LogP contribution in [-0.4, -0.2) is 0 Å². The minimum atomic E-state index is 0.0404. The van der Waals surface area contributed by atoms with Crippen molar-refractivity contribution in [2.45, 2.75) is 109 Å². The number of halogens is 1. The zero-order chi connectivity index (χ0) is 21.6. The van der Waals surface area contributed by atoms with E-state index in [0.717, 1.165) is 30.7 Å². The minimum Gasteiger partial charge on any atom is -0.207 e. The number of fused-ring (bicyclic) bond motifs is 1. The van der Waals surface area contributed by atoms with Gasteiger partial charge < -0.3 is 0 Å². The first-order valence-corrected chi connectivity index (χ1v) is 13.1. The van der Waals surface area contributed by atoms with Crippen molar-refractivity contribution in [3.63, 3.8) is 0 Å². The molecule has 2 aromatic carbocycles. The molecule has 0 nitrogen and oxygen atoms in total. The Labute approximate surface area is 189 Å². The van der Waals surface area contributed by atoms with Crippen LogP contribution in [0, 0.1) is 11.7 Å². The quantitative estimate of drug-likeness (QED) is 0.400. The van der Waals surface area contributed by atoms with Crippen LogP contribution in [0.15, 0.2) is 36.4 Å². The predicted octanol–water partition coefficient (Wildman–Crippen LogP) is 8.90. The van der Waals surface area contributed by atoms with E-state index < -0.39 is 0 Å². The number of benzene rings is 2. The van der Waals surface area contributed by atoms with Gasteiger partial charge in [-0.15, -0.1) is 0 Å². The van der Waals surface area contributed by atoms with E-state index in [9.17, 15) is 0 Å². The summed E-state index contributed by atoms with van der Waals surface area (Å²) in [6.07, 6.45) is 16.0. The van der Waals surface area contributed by atoms with Gasteiger partial charge in [0.15, 0.2) is 0 Å². The molecule has 0 bridgehead atoms. The molecule has 1 fully saturated rings. The number of aryl methyl sites for hydroxylation is 2. The first kappa shape index (κ1) is 22.6. The van der Waals surface area contributed by atoms with E-state index in [-0.39, 0.29) is 5.82 Å². The molecule has 1 heteroatoms. The number of unbranched alkanes of at least 4 members (excludes halogenated alkanes) is 2. The van der Waals surface area contributed by atoms with Crippen LogP contribution in [-0.2, 0) is 19.3 Å². The average Bonchev–Trinajstić information content (AvgIpc) is 2.81. The standard InChI is InChI=1S/C30H41F/c1-3-5-7-22-9-12-24(13-10-22)27-17-18-29(30(31)21-27)28-16-15-25-19-23(8-6-4-2)11-14-26(25)20-28/h11,14,17-19,21-22,24,28H,3-10,12-13,15-16,20H2,1-2H3. The molecule has 0 N–H and O–H groups in total. The molecule has 1 atom stereocenters. The van der Waals surface area contributed by atoms with E-state index in [1.807, 2.05) is 6.07 Å². The summed E-state index contributed by atoms with van der Waals surface area (Å²) in [6.45, 7) is 4.53. The molecule has 0 heterocycles. The maximum atomic E-state index is 15.2. The summed E-state index contributed by atoms with van der Waals surface area (Å²) < 4.78 is 15.2. The van der Waals surface area contributed by atoms with Crippen LogP contribution in [0.2, 0.25) is 0 Å². The van der Waals surface area contributed by atoms with Crippen LogP contribution < -0.4 is 0 Å². The van der Waals surface area contributed by atoms with Crippen molar-refractivity contribution < 1.29 is 4.39 Å². The first-order valence-electron chi connectivity index (χ1n) is 13.1. The molecule has 4 rings (SSSR count). The van der Waals surface area contributed by atoms with Crippen LogP contribution in [0.25, 0.3) is 0 Å². The smallest absolute Gasteiger partial charge is 0.126 e. The second-order valence-corrected chi connectivity index (χ2v) is 10.3. The van der Waals surface area contributed by atoms with Crippen LogP contribution >= 0.6 is 0 Å². The third-order valence-corrected chi connectivity index (χ3v) is 8.07. The lowest BCUT2D eigenvalue weighted by atomic mass is 9.76. The Kier molecular flexibility index (Phi) is 7.86. The number of hydrogen-bond acceptors (Lipinski definition) is 0. The van der Waals surface area contributed by atoms with Crippen LogP contribution in [0.4, 0.5) is 4.39 Å². The zero-order valence-corrected chi connectivity index (χ0v) is 19.8. The summed E-state index contributed by atoms with van der Waals surface area (Å²) in [5.74, 6) is 1.84. The lowest BCUT2D eigenvalue weighted by Gasteiger charge is -2.30. The lowest BCUT2D eigenvalue weighted by molar-refractivity contribution is 0.304. The molecule has 0 radical (unpaired) electrons. The second-order valence-electron chi connectivity index (χ2n) is 10.3. The van der Waals surface area contributed by atoms with Gasteiger partial charge in [0, 0.05) is 0 Å². The van der Waals surface area contributed by atoms with Gasteiger partial charge in [-0.05, 0) is 109 Å². The number of rotatable bonds is 8. The Morgan fingerprint density at radius 3 is 2.35 bits per heavy atom. The fraction of sp³-hybridized carbons (Fsp3) is 0.600. The van der Waals surface area contributed by atoms with E-state index in [4.69, 9.17) is 0 Å². The predicted molar refractivity (Wildman–Crippen MR) is 130 cm³/mol. The fourth-order valence-electron chi connectivity index (χ4n) is 6.02. The number of hydrogen-bond donors (Lipinski definition) is 0. The van der Waals surface area contributed by atoms with Gasteiger partial charge in [0.25, 0.3) is 0 Å². The van der Waals surface area contributed by atoms with Crippen LogP contribution in [0.1, 0.15) is 118 Å². The summed E-state index contributed by atoms with van der Waals surface area (Å²) >= 11 is 0. The maximum Gasteiger partial charge on any atom is 0.126 e. The molecule has 1 saturated carbocycles. The van der Waals surface area contributed by atoms with Crippen molar-refractivity contribution in [3.8, 4) is 0 Å². The van der Waals surface area contributed by atoms with Gasteiger partial charge in [0.2, 0.25) is 0 Å². The molecular weight excluding hydrogens is 379 g/mol. The van der Waals surface area contributed by atoms with Gasteiger partial charge in [-0.2, -0.15) is 0 Å². The molecule has 31 heavy (non-hydrogen) atoms. The van der Waals surface area contributed by atoms with Crippen molar-refractivity contribution in [1.82, 2.24) is 0 Å². The summed E-state index contributed by atoms with van der Waals surface area (Å²) in [5.41, 5.74) is 6.60. The normalized spacial score (nSPS) is 23.5. The first-order chi connectivity index (χ1) is 15.2. The van der Waals surface area contributed by atoms with Crippen molar-refractivity contribution in [2.24, 2.45) is 5.92 Å². The molecule has 0 amide bonds. The molecule has 0 spiro atoms. The van der Waals surface area contributed by atoms with E-state index in [2.05, 4.69) is 44.2 Å². The summed E-state index contributed by atoms with van der Waals surface area (Å²) in [6, 6.07) is 13.3. The summed E-state index contributed by atoms with van der Waals surface area (Å²) in [4.78, 5) is 0. The molecule has 2 aromatic rings. The van der Waals surface area contributed by atoms with Gasteiger partial charge in [0.1, 0.15) is 5.82 Å². The Morgan fingerprint density at radius 2 is 1.61 bits per heavy atom. The largest absolute Gasteiger partial charge is 0.207 e. The second kappa shape index (κ2) is 10.8. The van der Waals surface area contributed by atoms with Crippen molar-refractivity contribution in [3.05, 3.63) is 70.0 Å². The highest BCUT2D eigenvalue weighted by molar-refractivity contribution is 5.38. The van der Waals surface area contributed by atoms with Crippen molar-refractivity contribution >= 4 is 0 Å². The van der Waals surface area contributed by atoms with Crippen LogP contribution in [0.5, 0.6) is 0 Å². The molecule has 168 valence electrons. The van der Waals surface area contributed by atoms with Crippen molar-refractivity contribution in [2.75, 3.05) is 0 Å². The third-order valence-electron chi connectivity index (χ3n) is 8.07. The Hall–Kier alpha value is -1.63. The Bertz CT molecular complexity index is 843.